The van der Waals surface area contributed by atoms with Gasteiger partial charge in [0.1, 0.15) is 0 Å². The normalized spacial score (nSPS) is 10.2. The summed E-state index contributed by atoms with van der Waals surface area (Å²) in [6.45, 7) is 0.507. The topological polar surface area (TPSA) is 84.5 Å². The standard InChI is InChI=1S/C19H22N2O4S/c1-25-17(22)9-3-2-6-11-20-19(24)15-7-4-5-8-16(15)21-18(23)14-10-12-26-13-14/h4-5,7-8,10,12-13H,2-3,6,9,11H2,1H3,(H,20,24)(H,21,23). The second-order valence-electron chi connectivity index (χ2n) is 5.65. The van der Waals surface area contributed by atoms with E-state index in [1.54, 1.807) is 35.7 Å². The molecular formula is C19H22N2O4S. The number of unbranched alkanes of at least 4 members (excludes halogenated alkanes) is 2. The van der Waals surface area contributed by atoms with Crippen LogP contribution in [0.1, 0.15) is 46.4 Å². The molecule has 1 aromatic heterocycles. The summed E-state index contributed by atoms with van der Waals surface area (Å²) in [5.74, 6) is -0.696. The van der Waals surface area contributed by atoms with E-state index < -0.39 is 0 Å². The van der Waals surface area contributed by atoms with Crippen molar-refractivity contribution in [1.29, 1.82) is 0 Å². The van der Waals surface area contributed by atoms with Gasteiger partial charge >= 0.3 is 5.97 Å². The maximum atomic E-state index is 12.4. The molecule has 0 aliphatic rings. The highest BCUT2D eigenvalue weighted by molar-refractivity contribution is 7.08. The largest absolute Gasteiger partial charge is 0.469 e. The minimum atomic E-state index is -0.241. The molecule has 0 fully saturated rings. The summed E-state index contributed by atoms with van der Waals surface area (Å²) in [7, 11) is 1.37. The molecule has 2 N–H and O–H groups in total. The van der Waals surface area contributed by atoms with Gasteiger partial charge in [0.25, 0.3) is 11.8 Å². The van der Waals surface area contributed by atoms with Crippen LogP contribution in [0.15, 0.2) is 41.1 Å². The zero-order valence-electron chi connectivity index (χ0n) is 14.6. The van der Waals surface area contributed by atoms with Gasteiger partial charge in [-0.1, -0.05) is 18.6 Å². The molecule has 0 radical (unpaired) electrons. The fourth-order valence-corrected chi connectivity index (χ4v) is 2.98. The third-order valence-electron chi connectivity index (χ3n) is 3.77. The molecule has 26 heavy (non-hydrogen) atoms. The van der Waals surface area contributed by atoms with E-state index in [1.807, 2.05) is 5.38 Å². The van der Waals surface area contributed by atoms with E-state index in [-0.39, 0.29) is 17.8 Å². The van der Waals surface area contributed by atoms with Crippen molar-refractivity contribution in [3.63, 3.8) is 0 Å². The monoisotopic (exact) mass is 374 g/mol. The molecule has 1 aromatic carbocycles. The Kier molecular flexibility index (Phi) is 7.82. The predicted octanol–water partition coefficient (Wildman–Crippen LogP) is 3.46. The predicted molar refractivity (Wildman–Crippen MR) is 102 cm³/mol. The van der Waals surface area contributed by atoms with E-state index in [0.29, 0.717) is 29.8 Å². The molecular weight excluding hydrogens is 352 g/mol. The van der Waals surface area contributed by atoms with Crippen LogP contribution in [0.3, 0.4) is 0 Å². The number of methoxy groups -OCH3 is 1. The van der Waals surface area contributed by atoms with Crippen LogP contribution in [-0.4, -0.2) is 31.4 Å². The molecule has 2 rings (SSSR count). The van der Waals surface area contributed by atoms with Crippen LogP contribution in [0.5, 0.6) is 0 Å². The van der Waals surface area contributed by atoms with Crippen molar-refractivity contribution in [1.82, 2.24) is 5.32 Å². The van der Waals surface area contributed by atoms with Gasteiger partial charge in [-0.05, 0) is 36.4 Å². The van der Waals surface area contributed by atoms with Crippen molar-refractivity contribution in [2.45, 2.75) is 25.7 Å². The smallest absolute Gasteiger partial charge is 0.305 e. The van der Waals surface area contributed by atoms with Gasteiger partial charge in [-0.3, -0.25) is 14.4 Å². The summed E-state index contributed by atoms with van der Waals surface area (Å²) in [4.78, 5) is 35.6. The third-order valence-corrected chi connectivity index (χ3v) is 4.46. The molecule has 2 amide bonds. The third kappa shape index (κ3) is 6.00. The number of para-hydroxylation sites is 1. The summed E-state index contributed by atoms with van der Waals surface area (Å²) in [6.07, 6.45) is 2.72. The van der Waals surface area contributed by atoms with Gasteiger partial charge in [-0.25, -0.2) is 0 Å². The van der Waals surface area contributed by atoms with Crippen LogP contribution in [-0.2, 0) is 9.53 Å². The van der Waals surface area contributed by atoms with Crippen molar-refractivity contribution in [2.24, 2.45) is 0 Å². The van der Waals surface area contributed by atoms with Crippen molar-refractivity contribution >= 4 is 34.8 Å². The summed E-state index contributed by atoms with van der Waals surface area (Å²) >= 11 is 1.44. The Labute approximate surface area is 156 Å². The summed E-state index contributed by atoms with van der Waals surface area (Å²) in [6, 6.07) is 8.64. The maximum absolute atomic E-state index is 12.4. The van der Waals surface area contributed by atoms with Gasteiger partial charge in [-0.15, -0.1) is 0 Å². The van der Waals surface area contributed by atoms with Crippen molar-refractivity contribution in [3.8, 4) is 0 Å². The van der Waals surface area contributed by atoms with E-state index in [2.05, 4.69) is 15.4 Å². The Morgan fingerprint density at radius 2 is 1.85 bits per heavy atom. The van der Waals surface area contributed by atoms with Gasteiger partial charge < -0.3 is 15.4 Å². The Bertz CT molecular complexity index is 744. The average molecular weight is 374 g/mol. The number of thiophene rings is 1. The van der Waals surface area contributed by atoms with Crippen molar-refractivity contribution < 1.29 is 19.1 Å². The zero-order valence-corrected chi connectivity index (χ0v) is 15.4. The number of hydrogen-bond donors (Lipinski definition) is 2. The Morgan fingerprint density at radius 1 is 1.04 bits per heavy atom. The SMILES string of the molecule is COC(=O)CCCCCNC(=O)c1ccccc1NC(=O)c1ccsc1. The molecule has 0 saturated carbocycles. The minimum absolute atomic E-state index is 0.218. The molecule has 2 aromatic rings. The number of esters is 1. The lowest BCUT2D eigenvalue weighted by atomic mass is 10.1. The number of rotatable bonds is 9. The van der Waals surface area contributed by atoms with Crippen LogP contribution >= 0.6 is 11.3 Å². The highest BCUT2D eigenvalue weighted by atomic mass is 32.1. The maximum Gasteiger partial charge on any atom is 0.305 e. The number of amides is 2. The number of carbonyl (C=O) groups is 3. The first-order valence-corrected chi connectivity index (χ1v) is 9.33. The van der Waals surface area contributed by atoms with Gasteiger partial charge in [0, 0.05) is 18.3 Å². The number of ether oxygens (including phenoxy) is 1. The molecule has 0 saturated heterocycles. The average Bonchev–Trinajstić information content (AvgIpc) is 3.19. The lowest BCUT2D eigenvalue weighted by molar-refractivity contribution is -0.140. The van der Waals surface area contributed by atoms with Crippen molar-refractivity contribution in [3.05, 3.63) is 52.2 Å². The molecule has 0 aliphatic heterocycles. The molecule has 0 unspecified atom stereocenters. The van der Waals surface area contributed by atoms with Crippen molar-refractivity contribution in [2.75, 3.05) is 19.0 Å². The van der Waals surface area contributed by atoms with Crippen LogP contribution in [0, 0.1) is 0 Å². The van der Waals surface area contributed by atoms with Gasteiger partial charge in [0.2, 0.25) is 0 Å². The zero-order chi connectivity index (χ0) is 18.8. The lowest BCUT2D eigenvalue weighted by Crippen LogP contribution is -2.26. The molecule has 138 valence electrons. The molecule has 0 atom stereocenters. The second-order valence-corrected chi connectivity index (χ2v) is 6.43. The fraction of sp³-hybridized carbons (Fsp3) is 0.316. The van der Waals surface area contributed by atoms with E-state index in [1.165, 1.54) is 18.4 Å². The summed E-state index contributed by atoms with van der Waals surface area (Å²) in [5.41, 5.74) is 1.47. The first-order chi connectivity index (χ1) is 12.6. The van der Waals surface area contributed by atoms with Crippen LogP contribution in [0.2, 0.25) is 0 Å². The Morgan fingerprint density at radius 3 is 2.58 bits per heavy atom. The van der Waals surface area contributed by atoms with Crippen LogP contribution < -0.4 is 10.6 Å². The first-order valence-electron chi connectivity index (χ1n) is 8.39. The van der Waals surface area contributed by atoms with E-state index >= 15 is 0 Å². The number of nitrogens with one attached hydrogen (secondary N) is 2. The summed E-state index contributed by atoms with van der Waals surface area (Å²) < 4.78 is 4.58. The second kappa shape index (κ2) is 10.4. The number of anilines is 1. The molecule has 6 nitrogen and oxygen atoms in total. The van der Waals surface area contributed by atoms with Gasteiger partial charge in [0.05, 0.1) is 23.9 Å². The Balaban J connectivity index is 1.83. The fourth-order valence-electron chi connectivity index (χ4n) is 2.35. The molecule has 0 bridgehead atoms. The number of hydrogen-bond acceptors (Lipinski definition) is 5. The quantitative estimate of drug-likeness (QED) is 0.520. The summed E-state index contributed by atoms with van der Waals surface area (Å²) in [5, 5.41) is 9.21. The molecule has 0 aliphatic carbocycles. The van der Waals surface area contributed by atoms with Gasteiger partial charge in [0.15, 0.2) is 0 Å². The van der Waals surface area contributed by atoms with E-state index in [4.69, 9.17) is 0 Å². The minimum Gasteiger partial charge on any atom is -0.469 e. The molecule has 7 heteroatoms. The molecule has 0 spiro atoms. The Hall–Kier alpha value is -2.67. The number of carbonyl (C=O) groups excluding carboxylic acids is 3. The van der Waals surface area contributed by atoms with E-state index in [0.717, 1.165) is 19.3 Å². The first kappa shape index (κ1) is 19.7. The lowest BCUT2D eigenvalue weighted by Gasteiger charge is -2.11. The highest BCUT2D eigenvalue weighted by Gasteiger charge is 2.14. The highest BCUT2D eigenvalue weighted by Crippen LogP contribution is 2.17. The van der Waals surface area contributed by atoms with Crippen LogP contribution in [0.4, 0.5) is 5.69 Å². The van der Waals surface area contributed by atoms with E-state index in [9.17, 15) is 14.4 Å². The van der Waals surface area contributed by atoms with Gasteiger partial charge in [-0.2, -0.15) is 11.3 Å². The van der Waals surface area contributed by atoms with Crippen LogP contribution in [0.25, 0.3) is 0 Å². The number of benzene rings is 1. The molecule has 1 heterocycles.